The molecule has 2 heterocycles. The van der Waals surface area contributed by atoms with Crippen LogP contribution in [0.4, 0.5) is 5.88 Å². The first-order chi connectivity index (χ1) is 9.29. The molecule has 19 heavy (non-hydrogen) atoms. The van der Waals surface area contributed by atoms with E-state index in [-0.39, 0.29) is 12.5 Å². The van der Waals surface area contributed by atoms with Crippen molar-refractivity contribution in [3.63, 3.8) is 0 Å². The summed E-state index contributed by atoms with van der Waals surface area (Å²) in [5.41, 5.74) is 2.35. The third kappa shape index (κ3) is 4.10. The molecule has 1 amide bonds. The lowest BCUT2D eigenvalue weighted by Gasteiger charge is -2.25. The minimum atomic E-state index is -0.290. The molecule has 6 heteroatoms. The summed E-state index contributed by atoms with van der Waals surface area (Å²) in [5, 5.41) is 3.80. The number of rotatable bonds is 5. The Kier molecular flexibility index (Phi) is 4.97. The van der Waals surface area contributed by atoms with Gasteiger partial charge in [-0.3, -0.25) is 4.79 Å². The smallest absolute Gasteiger partial charge is 0.266 e. The van der Waals surface area contributed by atoms with Gasteiger partial charge in [-0.05, 0) is 25.3 Å². The lowest BCUT2D eigenvalue weighted by Crippen LogP contribution is -2.28. The first-order valence-electron chi connectivity index (χ1n) is 6.45. The summed E-state index contributed by atoms with van der Waals surface area (Å²) in [5.74, 6) is 1.20. The Bertz CT molecular complexity index is 436. The van der Waals surface area contributed by atoms with Crippen molar-refractivity contribution >= 4 is 18.0 Å². The Hall–Kier alpha value is -1.82. The zero-order valence-corrected chi connectivity index (χ0v) is 11.1. The van der Waals surface area contributed by atoms with Crippen molar-refractivity contribution in [2.45, 2.75) is 19.3 Å². The average molecular weight is 265 g/mol. The fourth-order valence-electron chi connectivity index (χ4n) is 2.03. The molecule has 0 saturated carbocycles. The maximum absolute atomic E-state index is 11.1. The maximum atomic E-state index is 11.1. The summed E-state index contributed by atoms with van der Waals surface area (Å²) in [6.45, 7) is 2.07. The number of furan rings is 1. The fourth-order valence-corrected chi connectivity index (χ4v) is 2.03. The van der Waals surface area contributed by atoms with Crippen LogP contribution >= 0.6 is 0 Å². The van der Waals surface area contributed by atoms with Crippen LogP contribution in [0.3, 0.4) is 0 Å². The van der Waals surface area contributed by atoms with Crippen LogP contribution in [0.25, 0.3) is 0 Å². The number of carbonyl (C=O) groups is 1. The molecule has 1 fully saturated rings. The largest absolute Gasteiger partial charge is 0.440 e. The van der Waals surface area contributed by atoms with Gasteiger partial charge in [0.2, 0.25) is 0 Å². The van der Waals surface area contributed by atoms with E-state index in [4.69, 9.17) is 4.42 Å². The number of methoxy groups -OCH3 is 1. The minimum Gasteiger partial charge on any atom is -0.440 e. The monoisotopic (exact) mass is 265 g/mol. The zero-order chi connectivity index (χ0) is 13.5. The van der Waals surface area contributed by atoms with E-state index in [1.165, 1.54) is 32.6 Å². The summed E-state index contributed by atoms with van der Waals surface area (Å²) in [7, 11) is 1.46. The van der Waals surface area contributed by atoms with Gasteiger partial charge in [-0.25, -0.2) is 5.43 Å². The highest BCUT2D eigenvalue weighted by Crippen LogP contribution is 2.21. The second-order valence-electron chi connectivity index (χ2n) is 4.45. The summed E-state index contributed by atoms with van der Waals surface area (Å²) in [6.07, 6.45) is 5.19. The molecule has 0 unspecified atom stereocenters. The topological polar surface area (TPSA) is 67.1 Å². The Morgan fingerprint density at radius 2 is 2.26 bits per heavy atom. The third-order valence-electron chi connectivity index (χ3n) is 2.94. The van der Waals surface area contributed by atoms with E-state index in [1.54, 1.807) is 0 Å². The van der Waals surface area contributed by atoms with Crippen molar-refractivity contribution in [3.8, 4) is 0 Å². The number of hydrogen-bond acceptors (Lipinski definition) is 5. The van der Waals surface area contributed by atoms with Crippen LogP contribution in [-0.2, 0) is 9.53 Å². The zero-order valence-electron chi connectivity index (χ0n) is 11.1. The SMILES string of the molecule is COCC(=O)N/N=C/c1ccc(N2CCCCC2)o1. The molecule has 0 aromatic carbocycles. The molecule has 0 atom stereocenters. The number of nitrogens with one attached hydrogen (secondary N) is 1. The van der Waals surface area contributed by atoms with E-state index < -0.39 is 0 Å². The quantitative estimate of drug-likeness (QED) is 0.645. The molecule has 0 radical (unpaired) electrons. The lowest BCUT2D eigenvalue weighted by atomic mass is 10.1. The minimum absolute atomic E-state index is 0.00543. The van der Waals surface area contributed by atoms with Gasteiger partial charge in [0, 0.05) is 26.3 Å². The van der Waals surface area contributed by atoms with Crippen LogP contribution in [0.15, 0.2) is 21.7 Å². The molecule has 2 rings (SSSR count). The molecule has 1 aromatic rings. The predicted molar refractivity (Wildman–Crippen MR) is 72.4 cm³/mol. The number of nitrogens with zero attached hydrogens (tertiary/aromatic N) is 2. The Morgan fingerprint density at radius 1 is 1.47 bits per heavy atom. The highest BCUT2D eigenvalue weighted by atomic mass is 16.5. The Labute approximate surface area is 112 Å². The lowest BCUT2D eigenvalue weighted by molar-refractivity contribution is -0.124. The van der Waals surface area contributed by atoms with Gasteiger partial charge >= 0.3 is 0 Å². The summed E-state index contributed by atoms with van der Waals surface area (Å²) < 4.78 is 10.3. The van der Waals surface area contributed by atoms with Gasteiger partial charge in [0.25, 0.3) is 5.91 Å². The number of anilines is 1. The van der Waals surface area contributed by atoms with Gasteiger partial charge in [-0.2, -0.15) is 5.10 Å². The predicted octanol–water partition coefficient (Wildman–Crippen LogP) is 1.37. The Morgan fingerprint density at radius 3 is 3.00 bits per heavy atom. The first-order valence-corrected chi connectivity index (χ1v) is 6.45. The van der Waals surface area contributed by atoms with Crippen LogP contribution in [0.5, 0.6) is 0 Å². The molecular formula is C13H19N3O3. The number of carbonyl (C=O) groups excluding carboxylic acids is 1. The van der Waals surface area contributed by atoms with Gasteiger partial charge < -0.3 is 14.1 Å². The van der Waals surface area contributed by atoms with Gasteiger partial charge in [0.15, 0.2) is 5.88 Å². The summed E-state index contributed by atoms with van der Waals surface area (Å²) >= 11 is 0. The number of piperidine rings is 1. The van der Waals surface area contributed by atoms with Crippen LogP contribution in [-0.4, -0.2) is 38.9 Å². The molecule has 1 saturated heterocycles. The van der Waals surface area contributed by atoms with Crippen LogP contribution in [0.2, 0.25) is 0 Å². The van der Waals surface area contributed by atoms with Crippen LogP contribution < -0.4 is 10.3 Å². The van der Waals surface area contributed by atoms with E-state index in [0.29, 0.717) is 5.76 Å². The molecule has 6 nitrogen and oxygen atoms in total. The van der Waals surface area contributed by atoms with E-state index in [9.17, 15) is 4.79 Å². The normalized spacial score (nSPS) is 15.9. The average Bonchev–Trinajstić information content (AvgIpc) is 2.89. The maximum Gasteiger partial charge on any atom is 0.266 e. The van der Waals surface area contributed by atoms with Gasteiger partial charge in [0.05, 0.1) is 6.21 Å². The number of hydrogen-bond donors (Lipinski definition) is 1. The van der Waals surface area contributed by atoms with Gasteiger partial charge in [-0.15, -0.1) is 0 Å². The van der Waals surface area contributed by atoms with Crippen molar-refractivity contribution in [2.24, 2.45) is 5.10 Å². The molecule has 1 N–H and O–H groups in total. The standard InChI is InChI=1S/C13H19N3O3/c1-18-10-12(17)15-14-9-11-5-6-13(19-11)16-7-3-2-4-8-16/h5-6,9H,2-4,7-8,10H2,1H3,(H,15,17)/b14-9+. The van der Waals surface area contributed by atoms with Crippen molar-refractivity contribution in [1.82, 2.24) is 5.43 Å². The second kappa shape index (κ2) is 6.94. The Balaban J connectivity index is 1.86. The van der Waals surface area contributed by atoms with E-state index in [0.717, 1.165) is 19.0 Å². The molecule has 1 aliphatic heterocycles. The second-order valence-corrected chi connectivity index (χ2v) is 4.45. The molecular weight excluding hydrogens is 246 g/mol. The van der Waals surface area contributed by atoms with Crippen molar-refractivity contribution in [2.75, 3.05) is 31.7 Å². The van der Waals surface area contributed by atoms with Gasteiger partial charge in [0.1, 0.15) is 12.4 Å². The van der Waals surface area contributed by atoms with Crippen LogP contribution in [0, 0.1) is 0 Å². The van der Waals surface area contributed by atoms with Crippen molar-refractivity contribution in [3.05, 3.63) is 17.9 Å². The molecule has 104 valence electrons. The highest BCUT2D eigenvalue weighted by Gasteiger charge is 2.13. The fraction of sp³-hybridized carbons (Fsp3) is 0.538. The molecule has 0 aliphatic carbocycles. The summed E-state index contributed by atoms with van der Waals surface area (Å²) in [6, 6.07) is 3.78. The molecule has 1 aromatic heterocycles. The molecule has 0 spiro atoms. The van der Waals surface area contributed by atoms with Gasteiger partial charge in [-0.1, -0.05) is 0 Å². The van der Waals surface area contributed by atoms with E-state index in [1.807, 2.05) is 12.1 Å². The molecule has 0 bridgehead atoms. The van der Waals surface area contributed by atoms with Crippen molar-refractivity contribution in [1.29, 1.82) is 0 Å². The van der Waals surface area contributed by atoms with Crippen LogP contribution in [0.1, 0.15) is 25.0 Å². The first kappa shape index (κ1) is 13.6. The van der Waals surface area contributed by atoms with E-state index in [2.05, 4.69) is 20.2 Å². The highest BCUT2D eigenvalue weighted by molar-refractivity contribution is 5.81. The van der Waals surface area contributed by atoms with Crippen molar-refractivity contribution < 1.29 is 13.9 Å². The summed E-state index contributed by atoms with van der Waals surface area (Å²) in [4.78, 5) is 13.3. The number of hydrazone groups is 1. The number of ether oxygens (including phenoxy) is 1. The number of amides is 1. The molecule has 1 aliphatic rings. The van der Waals surface area contributed by atoms with E-state index >= 15 is 0 Å². The third-order valence-corrected chi connectivity index (χ3v) is 2.94.